The molecule has 1 N–H and O–H groups in total. The first kappa shape index (κ1) is 24.2. The number of benzene rings is 4. The lowest BCUT2D eigenvalue weighted by Crippen LogP contribution is -2.60. The molecule has 0 amide bonds. The lowest BCUT2D eigenvalue weighted by molar-refractivity contribution is -0.150. The topological polar surface area (TPSA) is 58.6 Å². The molecular weight excluding hydrogens is 487 g/mol. The summed E-state index contributed by atoms with van der Waals surface area (Å²) in [5.41, 5.74) is -1.68. The van der Waals surface area contributed by atoms with Gasteiger partial charge in [0.1, 0.15) is 5.54 Å². The SMILES string of the molecule is COC(=O)[C@@]1(C)NC(=S)N(P(=O)(c2ccccc2)c2ccccc2)[C@@]1(C)c1ccc2ccccc2c1. The third-order valence-corrected chi connectivity index (χ3v) is 10.9. The number of ether oxygens (including phenoxy) is 1. The number of carbonyl (C=O) groups excluding carboxylic acids is 1. The van der Waals surface area contributed by atoms with Crippen LogP contribution >= 0.6 is 19.5 Å². The van der Waals surface area contributed by atoms with Crippen molar-refractivity contribution in [1.82, 2.24) is 9.99 Å². The van der Waals surface area contributed by atoms with E-state index in [9.17, 15) is 4.79 Å². The summed E-state index contributed by atoms with van der Waals surface area (Å²) in [5.74, 6) is -0.490. The third-order valence-electron chi connectivity index (χ3n) is 7.35. The molecule has 5 nitrogen and oxygen atoms in total. The minimum atomic E-state index is -3.58. The summed E-state index contributed by atoms with van der Waals surface area (Å²) in [6.07, 6.45) is 0. The maximum Gasteiger partial charge on any atom is 0.334 e. The van der Waals surface area contributed by atoms with Gasteiger partial charge in [0.05, 0.1) is 7.11 Å². The summed E-state index contributed by atoms with van der Waals surface area (Å²) in [4.78, 5) is 13.4. The fourth-order valence-corrected chi connectivity index (χ4v) is 9.04. The van der Waals surface area contributed by atoms with Crippen LogP contribution in [0.1, 0.15) is 19.4 Å². The van der Waals surface area contributed by atoms with E-state index >= 15 is 4.57 Å². The molecule has 7 heteroatoms. The Morgan fingerprint density at radius 1 is 0.833 bits per heavy atom. The second-order valence-corrected chi connectivity index (χ2v) is 12.2. The molecule has 0 spiro atoms. The minimum absolute atomic E-state index is 0.231. The normalized spacial score (nSPS) is 21.9. The van der Waals surface area contributed by atoms with Crippen molar-refractivity contribution < 1.29 is 14.1 Å². The average molecular weight is 515 g/mol. The van der Waals surface area contributed by atoms with Gasteiger partial charge in [-0.15, -0.1) is 0 Å². The van der Waals surface area contributed by atoms with Gasteiger partial charge in [0.2, 0.25) is 7.29 Å². The summed E-state index contributed by atoms with van der Waals surface area (Å²) in [6, 6.07) is 32.7. The molecule has 36 heavy (non-hydrogen) atoms. The Morgan fingerprint density at radius 2 is 1.36 bits per heavy atom. The van der Waals surface area contributed by atoms with Crippen molar-refractivity contribution in [1.29, 1.82) is 0 Å². The summed E-state index contributed by atoms with van der Waals surface area (Å²) < 4.78 is 22.6. The number of rotatable bonds is 5. The van der Waals surface area contributed by atoms with E-state index in [4.69, 9.17) is 17.0 Å². The lowest BCUT2D eigenvalue weighted by Gasteiger charge is -2.46. The zero-order valence-electron chi connectivity index (χ0n) is 20.3. The predicted molar refractivity (Wildman–Crippen MR) is 149 cm³/mol. The summed E-state index contributed by atoms with van der Waals surface area (Å²) in [5, 5.41) is 6.79. The highest BCUT2D eigenvalue weighted by Gasteiger charge is 2.66. The highest BCUT2D eigenvalue weighted by atomic mass is 32.1. The van der Waals surface area contributed by atoms with E-state index in [0.717, 1.165) is 16.3 Å². The van der Waals surface area contributed by atoms with E-state index in [-0.39, 0.29) is 5.11 Å². The number of methoxy groups -OCH3 is 1. The zero-order chi connectivity index (χ0) is 25.6. The standard InChI is InChI=1S/C29H27N2O3PS/c1-28(26(32)34-3)29(2,23-19-18-21-12-10-11-13-22(21)20-23)31(27(36)30-28)35(33,24-14-6-4-7-15-24)25-16-8-5-9-17-25/h4-20H,1-3H3,(H,30,36)/t28-,29+/m1/s1. The van der Waals surface area contributed by atoms with Crippen LogP contribution in [0, 0.1) is 0 Å². The van der Waals surface area contributed by atoms with Gasteiger partial charge in [-0.25, -0.2) is 4.79 Å². The zero-order valence-corrected chi connectivity index (χ0v) is 22.1. The number of hydrogen-bond donors (Lipinski definition) is 1. The van der Waals surface area contributed by atoms with Crippen molar-refractivity contribution in [3.63, 3.8) is 0 Å². The molecular formula is C29H27N2O3PS. The Balaban J connectivity index is 1.85. The Morgan fingerprint density at radius 3 is 1.92 bits per heavy atom. The maximum absolute atomic E-state index is 15.5. The first-order chi connectivity index (χ1) is 17.3. The van der Waals surface area contributed by atoms with Crippen LogP contribution in [-0.4, -0.2) is 28.4 Å². The fourth-order valence-electron chi connectivity index (χ4n) is 5.21. The Hall–Kier alpha value is -3.47. The molecule has 1 aliphatic heterocycles. The first-order valence-electron chi connectivity index (χ1n) is 11.7. The number of carbonyl (C=O) groups is 1. The lowest BCUT2D eigenvalue weighted by atomic mass is 9.75. The molecule has 0 aromatic heterocycles. The summed E-state index contributed by atoms with van der Waals surface area (Å²) in [7, 11) is -2.23. The molecule has 4 aromatic rings. The summed E-state index contributed by atoms with van der Waals surface area (Å²) in [6.45, 7) is 3.68. The first-order valence-corrected chi connectivity index (χ1v) is 13.8. The molecule has 1 saturated heterocycles. The van der Waals surface area contributed by atoms with E-state index in [1.807, 2.05) is 110 Å². The van der Waals surface area contributed by atoms with Gasteiger partial charge in [-0.05, 0) is 72.7 Å². The Kier molecular flexibility index (Phi) is 5.98. The predicted octanol–water partition coefficient (Wildman–Crippen LogP) is 5.11. The van der Waals surface area contributed by atoms with Gasteiger partial charge in [0.15, 0.2) is 10.7 Å². The molecule has 4 aromatic carbocycles. The molecule has 1 heterocycles. The maximum atomic E-state index is 15.5. The molecule has 1 fully saturated rings. The van der Waals surface area contributed by atoms with Gasteiger partial charge in [-0.2, -0.15) is 0 Å². The van der Waals surface area contributed by atoms with Crippen LogP contribution in [0.5, 0.6) is 0 Å². The summed E-state index contributed by atoms with van der Waals surface area (Å²) >= 11 is 5.88. The van der Waals surface area contributed by atoms with Crippen LogP contribution in [-0.2, 0) is 19.6 Å². The van der Waals surface area contributed by atoms with Crippen molar-refractivity contribution in [3.05, 3.63) is 109 Å². The van der Waals surface area contributed by atoms with Crippen molar-refractivity contribution in [2.24, 2.45) is 0 Å². The van der Waals surface area contributed by atoms with Crippen LogP contribution < -0.4 is 15.9 Å². The molecule has 182 valence electrons. The molecule has 0 radical (unpaired) electrons. The molecule has 1 aliphatic rings. The van der Waals surface area contributed by atoms with Gasteiger partial charge in [0, 0.05) is 10.6 Å². The smallest absolute Gasteiger partial charge is 0.334 e. The van der Waals surface area contributed by atoms with Crippen LogP contribution in [0.4, 0.5) is 0 Å². The molecule has 5 rings (SSSR count). The van der Waals surface area contributed by atoms with Crippen LogP contribution in [0.2, 0.25) is 0 Å². The second-order valence-electron chi connectivity index (χ2n) is 9.24. The fraction of sp³-hybridized carbons (Fsp3) is 0.172. The van der Waals surface area contributed by atoms with Crippen molar-refractivity contribution >= 4 is 52.0 Å². The molecule has 0 saturated carbocycles. The second kappa shape index (κ2) is 8.88. The van der Waals surface area contributed by atoms with Crippen LogP contribution in [0.3, 0.4) is 0 Å². The highest BCUT2D eigenvalue weighted by Crippen LogP contribution is 2.60. The van der Waals surface area contributed by atoms with E-state index < -0.39 is 24.3 Å². The average Bonchev–Trinajstić information content (AvgIpc) is 3.14. The third kappa shape index (κ3) is 3.40. The van der Waals surface area contributed by atoms with Crippen molar-refractivity contribution in [3.8, 4) is 0 Å². The highest BCUT2D eigenvalue weighted by molar-refractivity contribution is 7.83. The van der Waals surface area contributed by atoms with Gasteiger partial charge in [-0.3, -0.25) is 9.24 Å². The molecule has 0 aliphatic carbocycles. The largest absolute Gasteiger partial charge is 0.467 e. The molecule has 2 atom stereocenters. The monoisotopic (exact) mass is 514 g/mol. The number of fused-ring (bicyclic) bond motifs is 1. The minimum Gasteiger partial charge on any atom is -0.467 e. The number of thiocarbonyl (C=S) groups is 1. The van der Waals surface area contributed by atoms with Crippen molar-refractivity contribution in [2.75, 3.05) is 7.11 Å². The van der Waals surface area contributed by atoms with E-state index in [2.05, 4.69) is 5.32 Å². The Bertz CT molecular complexity index is 1470. The van der Waals surface area contributed by atoms with Crippen molar-refractivity contribution in [2.45, 2.75) is 24.9 Å². The number of esters is 1. The van der Waals surface area contributed by atoms with Crippen LogP contribution in [0.15, 0.2) is 103 Å². The number of nitrogens with zero attached hydrogens (tertiary/aromatic N) is 1. The van der Waals surface area contributed by atoms with E-state index in [1.165, 1.54) is 7.11 Å². The molecule has 0 unspecified atom stereocenters. The number of hydrogen-bond acceptors (Lipinski definition) is 4. The molecule has 0 bridgehead atoms. The van der Waals surface area contributed by atoms with Gasteiger partial charge in [-0.1, -0.05) is 72.8 Å². The van der Waals surface area contributed by atoms with E-state index in [1.54, 1.807) is 11.6 Å². The van der Waals surface area contributed by atoms with Gasteiger partial charge in [0.25, 0.3) is 0 Å². The number of nitrogens with one attached hydrogen (secondary N) is 1. The van der Waals surface area contributed by atoms with E-state index in [0.29, 0.717) is 10.6 Å². The van der Waals surface area contributed by atoms with Crippen LogP contribution in [0.25, 0.3) is 10.8 Å². The Labute approximate surface area is 216 Å². The van der Waals surface area contributed by atoms with Gasteiger partial charge < -0.3 is 10.1 Å². The quantitative estimate of drug-likeness (QED) is 0.227. The van der Waals surface area contributed by atoms with Gasteiger partial charge >= 0.3 is 5.97 Å².